The fourth-order valence-electron chi connectivity index (χ4n) is 5.43. The molecule has 1 aromatic heterocycles. The number of benzene rings is 2. The van der Waals surface area contributed by atoms with Crippen molar-refractivity contribution in [1.29, 1.82) is 0 Å². The zero-order valence-corrected chi connectivity index (χ0v) is 22.2. The number of likely N-dealkylation sites (tertiary alicyclic amines) is 2. The van der Waals surface area contributed by atoms with Gasteiger partial charge in [0, 0.05) is 25.2 Å². The minimum Gasteiger partial charge on any atom is -0.352 e. The van der Waals surface area contributed by atoms with Crippen LogP contribution >= 0.6 is 0 Å². The highest BCUT2D eigenvalue weighted by Crippen LogP contribution is 2.23. The molecule has 1 atom stereocenters. The average Bonchev–Trinajstić information content (AvgIpc) is 3.38. The molecule has 7 heteroatoms. The zero-order valence-electron chi connectivity index (χ0n) is 22.2. The number of amides is 1. The van der Waals surface area contributed by atoms with Crippen LogP contribution in [0.15, 0.2) is 53.1 Å². The van der Waals surface area contributed by atoms with Crippen LogP contribution in [0.2, 0.25) is 0 Å². The average molecular weight is 502 g/mol. The van der Waals surface area contributed by atoms with Crippen molar-refractivity contribution in [3.63, 3.8) is 0 Å². The topological polar surface area (TPSA) is 74.5 Å². The largest absolute Gasteiger partial charge is 0.352 e. The Labute approximate surface area is 220 Å². The number of nitrogens with zero attached hydrogens (tertiary/aromatic N) is 4. The Morgan fingerprint density at radius 2 is 1.73 bits per heavy atom. The first-order valence-electron chi connectivity index (χ1n) is 13.7. The molecule has 196 valence electrons. The van der Waals surface area contributed by atoms with Crippen LogP contribution in [-0.4, -0.2) is 52.0 Å². The monoisotopic (exact) mass is 501 g/mol. The Balaban J connectivity index is 1.08. The molecule has 3 heterocycles. The highest BCUT2D eigenvalue weighted by molar-refractivity contribution is 5.79. The summed E-state index contributed by atoms with van der Waals surface area (Å²) in [5, 5.41) is 7.34. The number of carbonyl (C=O) groups excluding carboxylic acids is 1. The molecule has 1 amide bonds. The van der Waals surface area contributed by atoms with Gasteiger partial charge in [0.05, 0.1) is 12.5 Å². The summed E-state index contributed by atoms with van der Waals surface area (Å²) < 4.78 is 5.53. The summed E-state index contributed by atoms with van der Waals surface area (Å²) >= 11 is 0. The van der Waals surface area contributed by atoms with E-state index in [1.807, 2.05) is 31.2 Å². The molecule has 5 rings (SSSR count). The van der Waals surface area contributed by atoms with E-state index in [0.717, 1.165) is 48.5 Å². The summed E-state index contributed by atoms with van der Waals surface area (Å²) in [4.78, 5) is 22.4. The predicted molar refractivity (Wildman–Crippen MR) is 144 cm³/mol. The first-order chi connectivity index (χ1) is 18.0. The van der Waals surface area contributed by atoms with E-state index >= 15 is 0 Å². The summed E-state index contributed by atoms with van der Waals surface area (Å²) in [6, 6.07) is 16.8. The maximum atomic E-state index is 13.0. The first kappa shape index (κ1) is 25.6. The molecule has 1 N–H and O–H groups in total. The van der Waals surface area contributed by atoms with Crippen molar-refractivity contribution in [3.05, 3.63) is 71.1 Å². The van der Waals surface area contributed by atoms with Crippen LogP contribution in [0.4, 0.5) is 0 Å². The van der Waals surface area contributed by atoms with Crippen molar-refractivity contribution in [2.45, 2.75) is 59.2 Å². The number of hydrogen-bond donors (Lipinski definition) is 1. The summed E-state index contributed by atoms with van der Waals surface area (Å²) in [5.74, 6) is 2.18. The van der Waals surface area contributed by atoms with E-state index in [0.29, 0.717) is 31.3 Å². The lowest BCUT2D eigenvalue weighted by Crippen LogP contribution is -2.42. The first-order valence-corrected chi connectivity index (χ1v) is 13.7. The molecular formula is C30H39N5O2. The molecule has 2 saturated heterocycles. The van der Waals surface area contributed by atoms with Gasteiger partial charge in [0.2, 0.25) is 17.6 Å². The predicted octanol–water partition coefficient (Wildman–Crippen LogP) is 4.81. The summed E-state index contributed by atoms with van der Waals surface area (Å²) in [6.45, 7) is 10.6. The second-order valence-electron chi connectivity index (χ2n) is 10.9. The second-order valence-corrected chi connectivity index (χ2v) is 10.9. The fourth-order valence-corrected chi connectivity index (χ4v) is 5.43. The number of carbonyl (C=O) groups is 1. The Morgan fingerprint density at radius 3 is 2.51 bits per heavy atom. The second kappa shape index (κ2) is 12.0. The standard InChI is InChI=1S/C30H39N5O2/c1-22-13-16-34(17-14-22)19-25-11-9-24(10-12-25)18-31-30(36)26-7-5-15-35(20-26)21-28-32-29(33-37-28)27-8-4-3-6-23(27)2/h3-4,6,8-12,22,26H,5,7,13-21H2,1-2H3,(H,31,36). The molecule has 0 radical (unpaired) electrons. The summed E-state index contributed by atoms with van der Waals surface area (Å²) in [7, 11) is 0. The molecule has 7 nitrogen and oxygen atoms in total. The minimum absolute atomic E-state index is 0.0201. The molecule has 1 unspecified atom stereocenters. The molecule has 0 spiro atoms. The van der Waals surface area contributed by atoms with Gasteiger partial charge in [0.25, 0.3) is 0 Å². The number of aromatic nitrogens is 2. The molecule has 2 fully saturated rings. The van der Waals surface area contributed by atoms with E-state index in [-0.39, 0.29) is 11.8 Å². The van der Waals surface area contributed by atoms with Crippen molar-refractivity contribution in [2.24, 2.45) is 11.8 Å². The van der Waals surface area contributed by atoms with Gasteiger partial charge in [-0.1, -0.05) is 60.6 Å². The van der Waals surface area contributed by atoms with Crippen molar-refractivity contribution < 1.29 is 9.32 Å². The molecule has 0 saturated carbocycles. The van der Waals surface area contributed by atoms with Crippen LogP contribution in [0.5, 0.6) is 0 Å². The number of piperidine rings is 2. The van der Waals surface area contributed by atoms with Crippen LogP contribution in [0.3, 0.4) is 0 Å². The summed E-state index contributed by atoms with van der Waals surface area (Å²) in [5.41, 5.74) is 4.60. The van der Waals surface area contributed by atoms with Crippen LogP contribution in [0, 0.1) is 18.8 Å². The van der Waals surface area contributed by atoms with Gasteiger partial charge in [-0.05, 0) is 74.8 Å². The highest BCUT2D eigenvalue weighted by atomic mass is 16.5. The molecule has 37 heavy (non-hydrogen) atoms. The Bertz CT molecular complexity index is 1170. The molecule has 0 bridgehead atoms. The smallest absolute Gasteiger partial charge is 0.241 e. The van der Waals surface area contributed by atoms with Crippen molar-refractivity contribution >= 4 is 5.91 Å². The molecular weight excluding hydrogens is 462 g/mol. The van der Waals surface area contributed by atoms with E-state index in [4.69, 9.17) is 4.52 Å². The van der Waals surface area contributed by atoms with Gasteiger partial charge in [0.1, 0.15) is 0 Å². The number of aryl methyl sites for hydroxylation is 1. The maximum absolute atomic E-state index is 13.0. The van der Waals surface area contributed by atoms with Gasteiger partial charge in [-0.15, -0.1) is 0 Å². The number of rotatable bonds is 8. The SMILES string of the molecule is Cc1ccccc1-c1noc(CN2CCCC(C(=O)NCc3ccc(CN4CCC(C)CC4)cc3)C2)n1. The van der Waals surface area contributed by atoms with Gasteiger partial charge in [-0.3, -0.25) is 14.6 Å². The van der Waals surface area contributed by atoms with E-state index in [2.05, 4.69) is 56.4 Å². The van der Waals surface area contributed by atoms with Gasteiger partial charge < -0.3 is 9.84 Å². The van der Waals surface area contributed by atoms with Gasteiger partial charge in [0.15, 0.2) is 0 Å². The highest BCUT2D eigenvalue weighted by Gasteiger charge is 2.27. The third-order valence-electron chi connectivity index (χ3n) is 7.86. The lowest BCUT2D eigenvalue weighted by atomic mass is 9.97. The van der Waals surface area contributed by atoms with Gasteiger partial charge >= 0.3 is 0 Å². The quantitative estimate of drug-likeness (QED) is 0.478. The Kier molecular flexibility index (Phi) is 8.31. The van der Waals surface area contributed by atoms with Gasteiger partial charge in [-0.25, -0.2) is 0 Å². The van der Waals surface area contributed by atoms with E-state index in [1.54, 1.807) is 0 Å². The number of hydrogen-bond acceptors (Lipinski definition) is 6. The Hall–Kier alpha value is -3.03. The fraction of sp³-hybridized carbons (Fsp3) is 0.500. The van der Waals surface area contributed by atoms with E-state index < -0.39 is 0 Å². The van der Waals surface area contributed by atoms with Crippen molar-refractivity contribution in [1.82, 2.24) is 25.3 Å². The maximum Gasteiger partial charge on any atom is 0.241 e. The summed E-state index contributed by atoms with van der Waals surface area (Å²) in [6.07, 6.45) is 4.49. The van der Waals surface area contributed by atoms with Crippen LogP contribution in [0.25, 0.3) is 11.4 Å². The Morgan fingerprint density at radius 1 is 0.973 bits per heavy atom. The molecule has 2 aliphatic rings. The van der Waals surface area contributed by atoms with Crippen LogP contribution < -0.4 is 5.32 Å². The zero-order chi connectivity index (χ0) is 25.6. The van der Waals surface area contributed by atoms with Crippen molar-refractivity contribution in [2.75, 3.05) is 26.2 Å². The molecule has 0 aliphatic carbocycles. The number of nitrogens with one attached hydrogen (secondary N) is 1. The van der Waals surface area contributed by atoms with Gasteiger partial charge in [-0.2, -0.15) is 4.98 Å². The lowest BCUT2D eigenvalue weighted by Gasteiger charge is -2.31. The van der Waals surface area contributed by atoms with E-state index in [9.17, 15) is 4.79 Å². The van der Waals surface area contributed by atoms with Crippen LogP contribution in [0.1, 0.15) is 55.2 Å². The molecule has 2 aromatic carbocycles. The third kappa shape index (κ3) is 6.84. The van der Waals surface area contributed by atoms with Crippen LogP contribution in [-0.2, 0) is 24.4 Å². The third-order valence-corrected chi connectivity index (χ3v) is 7.86. The lowest BCUT2D eigenvalue weighted by molar-refractivity contribution is -0.127. The molecule has 2 aliphatic heterocycles. The molecule has 3 aromatic rings. The normalized spacial score (nSPS) is 19.7. The minimum atomic E-state index is -0.0201. The van der Waals surface area contributed by atoms with E-state index in [1.165, 1.54) is 31.5 Å². The van der Waals surface area contributed by atoms with Crippen molar-refractivity contribution in [3.8, 4) is 11.4 Å².